The van der Waals surface area contributed by atoms with Crippen molar-refractivity contribution < 1.29 is 9.47 Å². The van der Waals surface area contributed by atoms with Crippen LogP contribution in [0.15, 0.2) is 30.5 Å². The number of para-hydroxylation sites is 2. The van der Waals surface area contributed by atoms with E-state index in [9.17, 15) is 0 Å². The van der Waals surface area contributed by atoms with Crippen molar-refractivity contribution in [2.75, 3.05) is 7.11 Å². The van der Waals surface area contributed by atoms with Crippen molar-refractivity contribution in [2.24, 2.45) is 0 Å². The molecule has 1 aromatic heterocycles. The molecule has 0 fully saturated rings. The molecule has 4 nitrogen and oxygen atoms in total. The van der Waals surface area contributed by atoms with Gasteiger partial charge < -0.3 is 9.47 Å². The smallest absolute Gasteiger partial charge is 0.322 e. The molecule has 2 aromatic rings. The van der Waals surface area contributed by atoms with Crippen molar-refractivity contribution in [1.82, 2.24) is 9.97 Å². The van der Waals surface area contributed by atoms with E-state index in [4.69, 9.17) is 21.1 Å². The number of benzene rings is 1. The zero-order valence-electron chi connectivity index (χ0n) is 10.2. The minimum Gasteiger partial charge on any atom is -0.493 e. The maximum absolute atomic E-state index is 5.75. The van der Waals surface area contributed by atoms with E-state index >= 15 is 0 Å². The molecule has 0 aliphatic heterocycles. The molecule has 0 unspecified atom stereocenters. The first-order valence-corrected chi connectivity index (χ1v) is 5.97. The van der Waals surface area contributed by atoms with E-state index in [0.717, 1.165) is 11.3 Å². The SMILES string of the molecule is COc1ccccc1Oc1ncc(CCl)c(C)n1. The molecule has 94 valence electrons. The molecule has 1 heterocycles. The van der Waals surface area contributed by atoms with Crippen LogP contribution in [0.5, 0.6) is 17.5 Å². The summed E-state index contributed by atoms with van der Waals surface area (Å²) in [5.74, 6) is 1.61. The van der Waals surface area contributed by atoms with Gasteiger partial charge in [-0.25, -0.2) is 4.98 Å². The summed E-state index contributed by atoms with van der Waals surface area (Å²) in [4.78, 5) is 8.35. The van der Waals surface area contributed by atoms with Gasteiger partial charge in [0.2, 0.25) is 0 Å². The van der Waals surface area contributed by atoms with Gasteiger partial charge in [-0.1, -0.05) is 12.1 Å². The fraction of sp³-hybridized carbons (Fsp3) is 0.231. The Morgan fingerprint density at radius 3 is 2.56 bits per heavy atom. The number of ether oxygens (including phenoxy) is 2. The highest BCUT2D eigenvalue weighted by Gasteiger charge is 2.08. The average molecular weight is 265 g/mol. The summed E-state index contributed by atoms with van der Waals surface area (Å²) in [7, 11) is 1.59. The van der Waals surface area contributed by atoms with Crippen LogP contribution in [-0.2, 0) is 5.88 Å². The fourth-order valence-corrected chi connectivity index (χ4v) is 1.71. The van der Waals surface area contributed by atoms with Crippen LogP contribution in [0, 0.1) is 6.92 Å². The molecular formula is C13H13ClN2O2. The highest BCUT2D eigenvalue weighted by molar-refractivity contribution is 6.17. The second kappa shape index (κ2) is 5.69. The molecule has 0 atom stereocenters. The maximum Gasteiger partial charge on any atom is 0.322 e. The summed E-state index contributed by atoms with van der Waals surface area (Å²) in [5.41, 5.74) is 1.70. The number of aromatic nitrogens is 2. The number of methoxy groups -OCH3 is 1. The molecule has 5 heteroatoms. The van der Waals surface area contributed by atoms with Crippen molar-refractivity contribution in [2.45, 2.75) is 12.8 Å². The van der Waals surface area contributed by atoms with E-state index in [1.807, 2.05) is 25.1 Å². The van der Waals surface area contributed by atoms with Crippen molar-refractivity contribution >= 4 is 11.6 Å². The highest BCUT2D eigenvalue weighted by Crippen LogP contribution is 2.29. The Morgan fingerprint density at radius 2 is 1.94 bits per heavy atom. The number of halogens is 1. The molecule has 0 radical (unpaired) electrons. The minimum atomic E-state index is 0.283. The van der Waals surface area contributed by atoms with Crippen LogP contribution in [0.3, 0.4) is 0 Å². The molecule has 0 saturated carbocycles. The lowest BCUT2D eigenvalue weighted by molar-refractivity contribution is 0.367. The molecule has 2 rings (SSSR count). The molecule has 0 aliphatic rings. The van der Waals surface area contributed by atoms with Crippen molar-refractivity contribution in [3.63, 3.8) is 0 Å². The van der Waals surface area contributed by atoms with E-state index in [-0.39, 0.29) is 6.01 Å². The minimum absolute atomic E-state index is 0.283. The third-order valence-electron chi connectivity index (χ3n) is 2.47. The second-order valence-corrected chi connectivity index (χ2v) is 3.92. The lowest BCUT2D eigenvalue weighted by atomic mass is 10.3. The zero-order valence-corrected chi connectivity index (χ0v) is 10.9. The van der Waals surface area contributed by atoms with Gasteiger partial charge in [0.1, 0.15) is 0 Å². The summed E-state index contributed by atoms with van der Waals surface area (Å²) < 4.78 is 10.8. The van der Waals surface area contributed by atoms with Crippen LogP contribution in [0.2, 0.25) is 0 Å². The first kappa shape index (κ1) is 12.6. The molecule has 0 bridgehead atoms. The Hall–Kier alpha value is -1.81. The first-order chi connectivity index (χ1) is 8.74. The zero-order chi connectivity index (χ0) is 13.0. The Bertz CT molecular complexity index is 546. The number of rotatable bonds is 4. The van der Waals surface area contributed by atoms with Gasteiger partial charge in [0.25, 0.3) is 0 Å². The van der Waals surface area contributed by atoms with Crippen LogP contribution < -0.4 is 9.47 Å². The summed E-state index contributed by atoms with van der Waals surface area (Å²) in [6.07, 6.45) is 1.67. The first-order valence-electron chi connectivity index (χ1n) is 5.44. The third-order valence-corrected chi connectivity index (χ3v) is 2.76. The molecule has 0 saturated heterocycles. The van der Waals surface area contributed by atoms with Gasteiger partial charge in [-0.2, -0.15) is 4.98 Å². The average Bonchev–Trinajstić information content (AvgIpc) is 2.39. The molecular weight excluding hydrogens is 252 g/mol. The Morgan fingerprint density at radius 1 is 1.22 bits per heavy atom. The monoisotopic (exact) mass is 264 g/mol. The number of hydrogen-bond donors (Lipinski definition) is 0. The van der Waals surface area contributed by atoms with E-state index in [1.165, 1.54) is 0 Å². The van der Waals surface area contributed by atoms with Crippen molar-refractivity contribution in [3.8, 4) is 17.5 Å². The Labute approximate surface area is 111 Å². The molecule has 0 N–H and O–H groups in total. The van der Waals surface area contributed by atoms with E-state index in [1.54, 1.807) is 19.4 Å². The van der Waals surface area contributed by atoms with Gasteiger partial charge in [-0.15, -0.1) is 11.6 Å². The second-order valence-electron chi connectivity index (χ2n) is 3.65. The van der Waals surface area contributed by atoms with Crippen molar-refractivity contribution in [1.29, 1.82) is 0 Å². The molecule has 0 amide bonds. The van der Waals surface area contributed by atoms with Gasteiger partial charge in [0.05, 0.1) is 13.0 Å². The Kier molecular flexibility index (Phi) is 3.99. The van der Waals surface area contributed by atoms with Crippen LogP contribution in [0.4, 0.5) is 0 Å². The summed E-state index contributed by atoms with van der Waals surface area (Å²) in [6.45, 7) is 1.87. The normalized spacial score (nSPS) is 10.2. The lowest BCUT2D eigenvalue weighted by Crippen LogP contribution is -1.98. The van der Waals surface area contributed by atoms with Crippen molar-refractivity contribution in [3.05, 3.63) is 41.7 Å². The number of nitrogens with zero attached hydrogens (tertiary/aromatic N) is 2. The predicted molar refractivity (Wildman–Crippen MR) is 69.4 cm³/mol. The quantitative estimate of drug-likeness (QED) is 0.795. The van der Waals surface area contributed by atoms with E-state index in [0.29, 0.717) is 17.4 Å². The lowest BCUT2D eigenvalue weighted by Gasteiger charge is -2.09. The third kappa shape index (κ3) is 2.71. The van der Waals surface area contributed by atoms with Gasteiger partial charge in [-0.3, -0.25) is 0 Å². The number of hydrogen-bond acceptors (Lipinski definition) is 4. The number of aryl methyl sites for hydroxylation is 1. The van der Waals surface area contributed by atoms with Gasteiger partial charge in [-0.05, 0) is 19.1 Å². The van der Waals surface area contributed by atoms with Crippen LogP contribution in [0.25, 0.3) is 0 Å². The standard InChI is InChI=1S/C13H13ClN2O2/c1-9-10(7-14)8-15-13(16-9)18-12-6-4-3-5-11(12)17-2/h3-6,8H,7H2,1-2H3. The van der Waals surface area contributed by atoms with E-state index < -0.39 is 0 Å². The molecule has 0 spiro atoms. The van der Waals surface area contributed by atoms with Crippen LogP contribution in [0.1, 0.15) is 11.3 Å². The molecule has 0 aliphatic carbocycles. The highest BCUT2D eigenvalue weighted by atomic mass is 35.5. The van der Waals surface area contributed by atoms with E-state index in [2.05, 4.69) is 9.97 Å². The molecule has 18 heavy (non-hydrogen) atoms. The topological polar surface area (TPSA) is 44.2 Å². The summed E-state index contributed by atoms with van der Waals surface area (Å²) in [5, 5.41) is 0. The Balaban J connectivity index is 2.26. The summed E-state index contributed by atoms with van der Waals surface area (Å²) in [6, 6.07) is 7.63. The van der Waals surface area contributed by atoms with Gasteiger partial charge in [0.15, 0.2) is 11.5 Å². The van der Waals surface area contributed by atoms with Gasteiger partial charge in [0, 0.05) is 17.5 Å². The predicted octanol–water partition coefficient (Wildman–Crippen LogP) is 3.32. The number of alkyl halides is 1. The van der Waals surface area contributed by atoms with Crippen LogP contribution >= 0.6 is 11.6 Å². The van der Waals surface area contributed by atoms with Gasteiger partial charge >= 0.3 is 6.01 Å². The largest absolute Gasteiger partial charge is 0.493 e. The van der Waals surface area contributed by atoms with Crippen LogP contribution in [-0.4, -0.2) is 17.1 Å². The fourth-order valence-electron chi connectivity index (χ4n) is 1.45. The maximum atomic E-state index is 5.75. The molecule has 1 aromatic carbocycles. The summed E-state index contributed by atoms with van der Waals surface area (Å²) >= 11 is 5.75.